The molecule has 3 rings (SSSR count). The highest BCUT2D eigenvalue weighted by Crippen LogP contribution is 2.28. The Hall–Kier alpha value is -1.32. The molecule has 2 aromatic rings. The fraction of sp³-hybridized carbons (Fsp3) is 0.556. The zero-order chi connectivity index (χ0) is 14.5. The highest BCUT2D eigenvalue weighted by atomic mass is 16.5. The number of rotatable bonds is 7. The highest BCUT2D eigenvalue weighted by Gasteiger charge is 2.16. The lowest BCUT2D eigenvalue weighted by Gasteiger charge is -2.12. The molecule has 0 saturated heterocycles. The van der Waals surface area contributed by atoms with E-state index in [0.717, 1.165) is 25.6 Å². The molecule has 0 radical (unpaired) electrons. The van der Waals surface area contributed by atoms with E-state index >= 15 is 0 Å². The van der Waals surface area contributed by atoms with Crippen LogP contribution < -0.4 is 5.32 Å². The smallest absolute Gasteiger partial charge is 0.0587 e. The average Bonchev–Trinajstić information content (AvgIpc) is 3.14. The SMILES string of the molecule is COCCNCc1ccc2ccn(CC3CCCC3)c2c1. The van der Waals surface area contributed by atoms with Crippen molar-refractivity contribution < 1.29 is 4.74 Å². The molecule has 0 bridgehead atoms. The maximum Gasteiger partial charge on any atom is 0.0587 e. The molecule has 1 heterocycles. The van der Waals surface area contributed by atoms with Gasteiger partial charge in [-0.1, -0.05) is 25.0 Å². The van der Waals surface area contributed by atoms with Gasteiger partial charge in [-0.15, -0.1) is 0 Å². The van der Waals surface area contributed by atoms with E-state index < -0.39 is 0 Å². The van der Waals surface area contributed by atoms with Crippen LogP contribution in [-0.2, 0) is 17.8 Å². The fourth-order valence-electron chi connectivity index (χ4n) is 3.38. The van der Waals surface area contributed by atoms with Crippen molar-refractivity contribution in [3.63, 3.8) is 0 Å². The Labute approximate surface area is 127 Å². The summed E-state index contributed by atoms with van der Waals surface area (Å²) in [5.74, 6) is 0.879. The molecule has 1 aromatic heterocycles. The first-order valence-corrected chi connectivity index (χ1v) is 8.14. The number of aromatic nitrogens is 1. The van der Waals surface area contributed by atoms with E-state index in [9.17, 15) is 0 Å². The lowest BCUT2D eigenvalue weighted by atomic mass is 10.1. The second kappa shape index (κ2) is 7.10. The van der Waals surface area contributed by atoms with Crippen LogP contribution in [0.5, 0.6) is 0 Å². The predicted octanol–water partition coefficient (Wildman–Crippen LogP) is 3.57. The van der Waals surface area contributed by atoms with Gasteiger partial charge < -0.3 is 14.6 Å². The number of fused-ring (bicyclic) bond motifs is 1. The summed E-state index contributed by atoms with van der Waals surface area (Å²) in [6.07, 6.45) is 7.89. The number of nitrogens with one attached hydrogen (secondary N) is 1. The van der Waals surface area contributed by atoms with Crippen molar-refractivity contribution in [2.45, 2.75) is 38.8 Å². The number of methoxy groups -OCH3 is 1. The summed E-state index contributed by atoms with van der Waals surface area (Å²) in [4.78, 5) is 0. The quantitative estimate of drug-likeness (QED) is 0.788. The molecule has 3 nitrogen and oxygen atoms in total. The van der Waals surface area contributed by atoms with Crippen LogP contribution in [0, 0.1) is 5.92 Å². The second-order valence-electron chi connectivity index (χ2n) is 6.18. The molecule has 21 heavy (non-hydrogen) atoms. The summed E-state index contributed by atoms with van der Waals surface area (Å²) >= 11 is 0. The van der Waals surface area contributed by atoms with Gasteiger partial charge in [-0.3, -0.25) is 0 Å². The van der Waals surface area contributed by atoms with Gasteiger partial charge in [0.05, 0.1) is 6.61 Å². The Balaban J connectivity index is 1.69. The first-order chi connectivity index (χ1) is 10.4. The third-order valence-corrected chi connectivity index (χ3v) is 4.58. The van der Waals surface area contributed by atoms with Crippen LogP contribution in [0.25, 0.3) is 10.9 Å². The number of ether oxygens (including phenoxy) is 1. The van der Waals surface area contributed by atoms with Gasteiger partial charge in [-0.25, -0.2) is 0 Å². The van der Waals surface area contributed by atoms with E-state index in [4.69, 9.17) is 4.74 Å². The van der Waals surface area contributed by atoms with Gasteiger partial charge in [0, 0.05) is 38.5 Å². The minimum absolute atomic E-state index is 0.764. The predicted molar refractivity (Wildman–Crippen MR) is 87.5 cm³/mol. The fourth-order valence-corrected chi connectivity index (χ4v) is 3.38. The van der Waals surface area contributed by atoms with E-state index in [2.05, 4.69) is 40.3 Å². The minimum Gasteiger partial charge on any atom is -0.383 e. The van der Waals surface area contributed by atoms with Crippen LogP contribution in [0.4, 0.5) is 0 Å². The molecule has 1 fully saturated rings. The number of hydrogen-bond donors (Lipinski definition) is 1. The van der Waals surface area contributed by atoms with E-state index in [1.807, 2.05) is 0 Å². The molecule has 0 aliphatic heterocycles. The van der Waals surface area contributed by atoms with Gasteiger partial charge >= 0.3 is 0 Å². The highest BCUT2D eigenvalue weighted by molar-refractivity contribution is 5.80. The van der Waals surface area contributed by atoms with Crippen molar-refractivity contribution in [3.8, 4) is 0 Å². The second-order valence-corrected chi connectivity index (χ2v) is 6.18. The number of nitrogens with zero attached hydrogens (tertiary/aromatic N) is 1. The summed E-state index contributed by atoms with van der Waals surface area (Å²) < 4.78 is 7.51. The van der Waals surface area contributed by atoms with Crippen molar-refractivity contribution in [1.29, 1.82) is 0 Å². The molecule has 0 spiro atoms. The molecule has 0 amide bonds. The summed E-state index contributed by atoms with van der Waals surface area (Å²) in [6, 6.07) is 9.05. The first-order valence-electron chi connectivity index (χ1n) is 8.14. The van der Waals surface area contributed by atoms with E-state index in [1.165, 1.54) is 48.7 Å². The zero-order valence-corrected chi connectivity index (χ0v) is 13.0. The Morgan fingerprint density at radius 3 is 2.90 bits per heavy atom. The molecule has 1 aromatic carbocycles. The van der Waals surface area contributed by atoms with Crippen molar-refractivity contribution >= 4 is 10.9 Å². The molecule has 114 valence electrons. The maximum absolute atomic E-state index is 5.06. The van der Waals surface area contributed by atoms with Crippen LogP contribution in [-0.4, -0.2) is 24.8 Å². The third kappa shape index (κ3) is 3.66. The largest absolute Gasteiger partial charge is 0.383 e. The third-order valence-electron chi connectivity index (χ3n) is 4.58. The van der Waals surface area contributed by atoms with Crippen LogP contribution in [0.15, 0.2) is 30.5 Å². The number of hydrogen-bond acceptors (Lipinski definition) is 2. The molecule has 0 unspecified atom stereocenters. The standard InChI is InChI=1S/C18H26N2O/c1-21-11-9-19-13-16-6-7-17-8-10-20(18(17)12-16)14-15-4-2-3-5-15/h6-8,10,12,15,19H,2-5,9,11,13-14H2,1H3. The normalized spacial score (nSPS) is 16.0. The lowest BCUT2D eigenvalue weighted by Crippen LogP contribution is -2.18. The summed E-state index contributed by atoms with van der Waals surface area (Å²) in [5.41, 5.74) is 2.73. The molecular formula is C18H26N2O. The van der Waals surface area contributed by atoms with E-state index in [1.54, 1.807) is 7.11 Å². The Morgan fingerprint density at radius 1 is 1.24 bits per heavy atom. The maximum atomic E-state index is 5.06. The molecular weight excluding hydrogens is 260 g/mol. The van der Waals surface area contributed by atoms with Crippen molar-refractivity contribution in [2.24, 2.45) is 5.92 Å². The van der Waals surface area contributed by atoms with Crippen LogP contribution in [0.2, 0.25) is 0 Å². The van der Waals surface area contributed by atoms with Gasteiger partial charge in [-0.2, -0.15) is 0 Å². The van der Waals surface area contributed by atoms with Gasteiger partial charge in [0.2, 0.25) is 0 Å². The minimum atomic E-state index is 0.764. The van der Waals surface area contributed by atoms with Crippen LogP contribution >= 0.6 is 0 Å². The Morgan fingerprint density at radius 2 is 2.10 bits per heavy atom. The van der Waals surface area contributed by atoms with Gasteiger partial charge in [0.1, 0.15) is 0 Å². The summed E-state index contributed by atoms with van der Waals surface area (Å²) in [6.45, 7) is 3.76. The van der Waals surface area contributed by atoms with Crippen molar-refractivity contribution in [1.82, 2.24) is 9.88 Å². The molecule has 0 atom stereocenters. The van der Waals surface area contributed by atoms with Gasteiger partial charge in [0.15, 0.2) is 0 Å². The van der Waals surface area contributed by atoms with Gasteiger partial charge in [0.25, 0.3) is 0 Å². The molecule has 1 saturated carbocycles. The molecule has 1 aliphatic carbocycles. The lowest BCUT2D eigenvalue weighted by molar-refractivity contribution is 0.199. The zero-order valence-electron chi connectivity index (χ0n) is 13.0. The molecule has 3 heteroatoms. The van der Waals surface area contributed by atoms with Gasteiger partial charge in [-0.05, 0) is 41.8 Å². The van der Waals surface area contributed by atoms with E-state index in [-0.39, 0.29) is 0 Å². The summed E-state index contributed by atoms with van der Waals surface area (Å²) in [7, 11) is 1.74. The Bertz CT molecular complexity index is 570. The number of benzene rings is 1. The monoisotopic (exact) mass is 286 g/mol. The van der Waals surface area contributed by atoms with Crippen molar-refractivity contribution in [3.05, 3.63) is 36.0 Å². The summed E-state index contributed by atoms with van der Waals surface area (Å²) in [5, 5.41) is 4.77. The Kier molecular flexibility index (Phi) is 4.94. The van der Waals surface area contributed by atoms with Crippen molar-refractivity contribution in [2.75, 3.05) is 20.3 Å². The topological polar surface area (TPSA) is 26.2 Å². The molecule has 1 aliphatic rings. The molecule has 1 N–H and O–H groups in total. The van der Waals surface area contributed by atoms with Crippen LogP contribution in [0.1, 0.15) is 31.2 Å². The van der Waals surface area contributed by atoms with E-state index in [0.29, 0.717) is 0 Å². The van der Waals surface area contributed by atoms with Crippen LogP contribution in [0.3, 0.4) is 0 Å². The average molecular weight is 286 g/mol. The first kappa shape index (κ1) is 14.6.